The predicted octanol–water partition coefficient (Wildman–Crippen LogP) is 2.86. The highest BCUT2D eigenvalue weighted by Gasteiger charge is 2.34. The minimum Gasteiger partial charge on any atom is -0.350 e. The highest BCUT2D eigenvalue weighted by atomic mass is 35.5. The van der Waals surface area contributed by atoms with Crippen LogP contribution in [0.25, 0.3) is 0 Å². The number of carbonyl (C=O) groups is 1. The van der Waals surface area contributed by atoms with Crippen LogP contribution in [0.5, 0.6) is 0 Å². The summed E-state index contributed by atoms with van der Waals surface area (Å²) < 4.78 is 38.2. The Kier molecular flexibility index (Phi) is 7.60. The maximum Gasteiger partial charge on any atom is 0.417 e. The SMILES string of the molecule is CCN[C@H](C)CNC(=O)c1ccccc1C(F)(F)F.Cl. The van der Waals surface area contributed by atoms with E-state index in [1.54, 1.807) is 0 Å². The predicted molar refractivity (Wildman–Crippen MR) is 74.2 cm³/mol. The third-order valence-electron chi connectivity index (χ3n) is 2.60. The summed E-state index contributed by atoms with van der Waals surface area (Å²) in [5.41, 5.74) is -1.26. The number of hydrogen-bond donors (Lipinski definition) is 2. The molecule has 114 valence electrons. The largest absolute Gasteiger partial charge is 0.417 e. The smallest absolute Gasteiger partial charge is 0.350 e. The van der Waals surface area contributed by atoms with Crippen LogP contribution >= 0.6 is 12.4 Å². The van der Waals surface area contributed by atoms with E-state index in [-0.39, 0.29) is 30.6 Å². The lowest BCUT2D eigenvalue weighted by Gasteiger charge is -2.15. The number of rotatable bonds is 5. The molecule has 0 saturated carbocycles. The maximum atomic E-state index is 12.7. The van der Waals surface area contributed by atoms with Gasteiger partial charge in [-0.15, -0.1) is 12.4 Å². The lowest BCUT2D eigenvalue weighted by Crippen LogP contribution is -2.39. The molecule has 3 nitrogen and oxygen atoms in total. The van der Waals surface area contributed by atoms with Crippen LogP contribution in [0.4, 0.5) is 13.2 Å². The first-order chi connectivity index (χ1) is 8.86. The van der Waals surface area contributed by atoms with Gasteiger partial charge in [-0.05, 0) is 25.6 Å². The van der Waals surface area contributed by atoms with Crippen molar-refractivity contribution >= 4 is 18.3 Å². The second kappa shape index (κ2) is 8.11. The quantitative estimate of drug-likeness (QED) is 0.878. The van der Waals surface area contributed by atoms with Crippen molar-refractivity contribution in [2.24, 2.45) is 0 Å². The van der Waals surface area contributed by atoms with Crippen LogP contribution in [-0.2, 0) is 6.18 Å². The summed E-state index contributed by atoms with van der Waals surface area (Å²) in [4.78, 5) is 11.8. The number of hydrogen-bond acceptors (Lipinski definition) is 2. The number of likely N-dealkylation sites (N-methyl/N-ethyl adjacent to an activating group) is 1. The van der Waals surface area contributed by atoms with Gasteiger partial charge in [-0.1, -0.05) is 19.1 Å². The number of alkyl halides is 3. The minimum absolute atomic E-state index is 0. The average Bonchev–Trinajstić information content (AvgIpc) is 2.35. The van der Waals surface area contributed by atoms with Gasteiger partial charge in [0.15, 0.2) is 0 Å². The van der Waals surface area contributed by atoms with E-state index in [4.69, 9.17) is 0 Å². The molecular weight excluding hydrogens is 293 g/mol. The number of nitrogens with one attached hydrogen (secondary N) is 2. The first kappa shape index (κ1) is 18.7. The maximum absolute atomic E-state index is 12.7. The normalized spacial score (nSPS) is 12.4. The average molecular weight is 311 g/mol. The second-order valence-corrected chi connectivity index (χ2v) is 4.21. The van der Waals surface area contributed by atoms with Gasteiger partial charge in [0, 0.05) is 12.6 Å². The van der Waals surface area contributed by atoms with Crippen LogP contribution in [0, 0.1) is 0 Å². The van der Waals surface area contributed by atoms with Crippen LogP contribution < -0.4 is 10.6 Å². The van der Waals surface area contributed by atoms with Crippen LogP contribution in [-0.4, -0.2) is 25.0 Å². The van der Waals surface area contributed by atoms with Crippen molar-refractivity contribution < 1.29 is 18.0 Å². The van der Waals surface area contributed by atoms with Crippen LogP contribution in [0.1, 0.15) is 29.8 Å². The Morgan fingerprint density at radius 2 is 1.90 bits per heavy atom. The zero-order valence-corrected chi connectivity index (χ0v) is 12.1. The summed E-state index contributed by atoms with van der Waals surface area (Å²) in [7, 11) is 0. The van der Waals surface area contributed by atoms with Gasteiger partial charge in [0.05, 0.1) is 11.1 Å². The Hall–Kier alpha value is -1.27. The zero-order valence-electron chi connectivity index (χ0n) is 11.3. The van der Waals surface area contributed by atoms with Crippen molar-refractivity contribution in [3.8, 4) is 0 Å². The Bertz CT molecular complexity index is 438. The van der Waals surface area contributed by atoms with E-state index in [0.717, 1.165) is 12.6 Å². The van der Waals surface area contributed by atoms with Gasteiger partial charge in [-0.25, -0.2) is 0 Å². The molecule has 0 aliphatic carbocycles. The van der Waals surface area contributed by atoms with E-state index in [0.29, 0.717) is 0 Å². The van der Waals surface area contributed by atoms with E-state index < -0.39 is 17.6 Å². The second-order valence-electron chi connectivity index (χ2n) is 4.21. The van der Waals surface area contributed by atoms with Crippen LogP contribution in [0.3, 0.4) is 0 Å². The molecule has 20 heavy (non-hydrogen) atoms. The van der Waals surface area contributed by atoms with Gasteiger partial charge in [0.25, 0.3) is 5.91 Å². The van der Waals surface area contributed by atoms with Crippen molar-refractivity contribution in [2.45, 2.75) is 26.1 Å². The van der Waals surface area contributed by atoms with E-state index >= 15 is 0 Å². The standard InChI is InChI=1S/C13H17F3N2O.ClH/c1-3-17-9(2)8-18-12(19)10-6-4-5-7-11(10)13(14,15)16;/h4-7,9,17H,3,8H2,1-2H3,(H,18,19);1H/t9-;/m1./s1. The summed E-state index contributed by atoms with van der Waals surface area (Å²) in [5.74, 6) is -0.710. The Balaban J connectivity index is 0.00000361. The summed E-state index contributed by atoms with van der Waals surface area (Å²) in [5, 5.41) is 5.55. The molecule has 0 aliphatic rings. The molecule has 2 N–H and O–H groups in total. The number of carbonyl (C=O) groups excluding carboxylic acids is 1. The zero-order chi connectivity index (χ0) is 14.5. The molecule has 1 aromatic carbocycles. The molecule has 0 fully saturated rings. The Morgan fingerprint density at radius 3 is 2.45 bits per heavy atom. The van der Waals surface area contributed by atoms with Crippen molar-refractivity contribution in [1.82, 2.24) is 10.6 Å². The first-order valence-corrected chi connectivity index (χ1v) is 6.04. The fraction of sp³-hybridized carbons (Fsp3) is 0.462. The summed E-state index contributed by atoms with van der Waals surface area (Å²) in [6.45, 7) is 4.77. The lowest BCUT2D eigenvalue weighted by molar-refractivity contribution is -0.137. The molecule has 0 heterocycles. The molecule has 0 unspecified atom stereocenters. The molecule has 1 atom stereocenters. The highest BCUT2D eigenvalue weighted by molar-refractivity contribution is 5.95. The van der Waals surface area contributed by atoms with Gasteiger partial charge in [-0.2, -0.15) is 13.2 Å². The molecule has 0 aromatic heterocycles. The van der Waals surface area contributed by atoms with Crippen LogP contribution in [0.2, 0.25) is 0 Å². The fourth-order valence-electron chi connectivity index (χ4n) is 1.69. The molecule has 0 saturated heterocycles. The molecule has 0 aliphatic heterocycles. The number of amides is 1. The van der Waals surface area contributed by atoms with Crippen molar-refractivity contribution in [3.05, 3.63) is 35.4 Å². The first-order valence-electron chi connectivity index (χ1n) is 6.04. The molecule has 1 rings (SSSR count). The molecule has 1 aromatic rings. The lowest BCUT2D eigenvalue weighted by atomic mass is 10.1. The summed E-state index contributed by atoms with van der Waals surface area (Å²) in [6.07, 6.45) is -4.53. The number of halogens is 4. The molecule has 0 spiro atoms. The van der Waals surface area contributed by atoms with Crippen molar-refractivity contribution in [1.29, 1.82) is 0 Å². The number of benzene rings is 1. The monoisotopic (exact) mass is 310 g/mol. The Morgan fingerprint density at radius 1 is 1.30 bits per heavy atom. The topological polar surface area (TPSA) is 41.1 Å². The van der Waals surface area contributed by atoms with E-state index in [2.05, 4.69) is 10.6 Å². The fourth-order valence-corrected chi connectivity index (χ4v) is 1.69. The van der Waals surface area contributed by atoms with Gasteiger partial charge in [0.1, 0.15) is 0 Å². The van der Waals surface area contributed by atoms with Crippen LogP contribution in [0.15, 0.2) is 24.3 Å². The molecule has 7 heteroatoms. The van der Waals surface area contributed by atoms with Gasteiger partial charge in [0.2, 0.25) is 0 Å². The van der Waals surface area contributed by atoms with Crippen molar-refractivity contribution in [3.63, 3.8) is 0 Å². The minimum atomic E-state index is -4.53. The third kappa shape index (κ3) is 5.38. The molecule has 0 radical (unpaired) electrons. The van der Waals surface area contributed by atoms with Crippen molar-refractivity contribution in [2.75, 3.05) is 13.1 Å². The summed E-state index contributed by atoms with van der Waals surface area (Å²) in [6, 6.07) is 4.77. The third-order valence-corrected chi connectivity index (χ3v) is 2.60. The van der Waals surface area contributed by atoms with Gasteiger partial charge < -0.3 is 10.6 Å². The highest BCUT2D eigenvalue weighted by Crippen LogP contribution is 2.31. The molecule has 1 amide bonds. The van der Waals surface area contributed by atoms with Gasteiger partial charge in [-0.3, -0.25) is 4.79 Å². The van der Waals surface area contributed by atoms with Gasteiger partial charge >= 0.3 is 6.18 Å². The molecule has 0 bridgehead atoms. The summed E-state index contributed by atoms with van der Waals surface area (Å²) >= 11 is 0. The molecular formula is C13H18ClF3N2O. The van der Waals surface area contributed by atoms with E-state index in [1.165, 1.54) is 18.2 Å². The van der Waals surface area contributed by atoms with E-state index in [9.17, 15) is 18.0 Å². The Labute approximate surface area is 122 Å². The van der Waals surface area contributed by atoms with E-state index in [1.807, 2.05) is 13.8 Å².